The Morgan fingerprint density at radius 2 is 2.00 bits per heavy atom. The molecule has 0 aliphatic rings. The van der Waals surface area contributed by atoms with E-state index in [1.807, 2.05) is 48.7 Å². The van der Waals surface area contributed by atoms with Crippen LogP contribution in [-0.4, -0.2) is 44.3 Å². The number of anilines is 1. The highest BCUT2D eigenvalue weighted by Crippen LogP contribution is 2.34. The second-order valence-electron chi connectivity index (χ2n) is 6.20. The quantitative estimate of drug-likeness (QED) is 0.637. The van der Waals surface area contributed by atoms with Gasteiger partial charge in [0.25, 0.3) is 5.91 Å². The molecule has 0 aliphatic carbocycles. The maximum atomic E-state index is 13.3. The number of nitrogens with zero attached hydrogens (tertiary/aromatic N) is 2. The van der Waals surface area contributed by atoms with Crippen molar-refractivity contribution in [1.82, 2.24) is 4.98 Å². The van der Waals surface area contributed by atoms with E-state index in [1.54, 1.807) is 16.7 Å². The summed E-state index contributed by atoms with van der Waals surface area (Å²) in [5.41, 5.74) is 1.46. The van der Waals surface area contributed by atoms with Gasteiger partial charge in [0.05, 0.1) is 42.5 Å². The third-order valence-corrected chi connectivity index (χ3v) is 6.15. The predicted octanol–water partition coefficient (Wildman–Crippen LogP) is 3.46. The summed E-state index contributed by atoms with van der Waals surface area (Å²) in [7, 11) is 4.15. The van der Waals surface area contributed by atoms with Gasteiger partial charge in [-0.1, -0.05) is 41.1 Å². The molecule has 1 aromatic heterocycles. The van der Waals surface area contributed by atoms with Gasteiger partial charge < -0.3 is 4.90 Å². The van der Waals surface area contributed by atoms with Crippen LogP contribution in [0.1, 0.15) is 10.4 Å². The average Bonchev–Trinajstić information content (AvgIpc) is 3.06. The van der Waals surface area contributed by atoms with Crippen molar-refractivity contribution in [2.75, 3.05) is 38.3 Å². The molecule has 3 aromatic rings. The first kappa shape index (κ1) is 19.2. The summed E-state index contributed by atoms with van der Waals surface area (Å²) in [5, 5.41) is 1.30. The molecule has 0 saturated heterocycles. The third-order valence-electron chi connectivity index (χ3n) is 4.01. The summed E-state index contributed by atoms with van der Waals surface area (Å²) in [4.78, 5) is 22.0. The molecule has 3 rings (SSSR count). The van der Waals surface area contributed by atoms with Crippen LogP contribution in [0.15, 0.2) is 47.4 Å². The Labute approximate surface area is 166 Å². The van der Waals surface area contributed by atoms with Gasteiger partial charge in [-0.05, 0) is 30.5 Å². The van der Waals surface area contributed by atoms with Crippen LogP contribution < -0.4 is 9.80 Å². The summed E-state index contributed by atoms with van der Waals surface area (Å²) in [6.07, 6.45) is 1.98. The van der Waals surface area contributed by atoms with Crippen LogP contribution in [0.3, 0.4) is 0 Å². The highest BCUT2D eigenvalue weighted by atomic mass is 35.5. The van der Waals surface area contributed by atoms with E-state index in [0.29, 0.717) is 22.3 Å². The van der Waals surface area contributed by atoms with Gasteiger partial charge in [0.1, 0.15) is 5.52 Å². The maximum Gasteiger partial charge on any atom is 0.261 e. The topological polar surface area (TPSA) is 37.6 Å². The van der Waals surface area contributed by atoms with Gasteiger partial charge in [0.2, 0.25) is 0 Å². The summed E-state index contributed by atoms with van der Waals surface area (Å²) in [5.74, 6) is -0.0219. The Hall–Kier alpha value is -1.60. The van der Waals surface area contributed by atoms with Gasteiger partial charge in [0.15, 0.2) is 5.13 Å². The van der Waals surface area contributed by atoms with Crippen molar-refractivity contribution in [3.8, 4) is 0 Å². The van der Waals surface area contributed by atoms with Gasteiger partial charge in [-0.2, -0.15) is 0 Å². The number of halogens is 1. The van der Waals surface area contributed by atoms with E-state index in [1.165, 1.54) is 16.2 Å². The first-order valence-corrected chi connectivity index (χ1v) is 10.7. The minimum atomic E-state index is -0.0219. The van der Waals surface area contributed by atoms with Crippen molar-refractivity contribution in [2.24, 2.45) is 0 Å². The number of amides is 1. The van der Waals surface area contributed by atoms with E-state index in [-0.39, 0.29) is 5.91 Å². The largest absolute Gasteiger partial charge is 0.338 e. The minimum absolute atomic E-state index is 0.0219. The average molecular weight is 407 g/mol. The lowest BCUT2D eigenvalue weighted by atomic mass is 10.2. The summed E-state index contributed by atoms with van der Waals surface area (Å²) in [6, 6.07) is 13.4. The first-order valence-electron chi connectivity index (χ1n) is 8.30. The summed E-state index contributed by atoms with van der Waals surface area (Å²) < 4.78 is 0.987. The van der Waals surface area contributed by atoms with Crippen molar-refractivity contribution in [1.29, 1.82) is 0 Å². The van der Waals surface area contributed by atoms with Crippen LogP contribution in [0.25, 0.3) is 10.2 Å². The smallest absolute Gasteiger partial charge is 0.261 e. The molecule has 0 fully saturated rings. The van der Waals surface area contributed by atoms with Gasteiger partial charge in [-0.25, -0.2) is 4.98 Å². The van der Waals surface area contributed by atoms with Gasteiger partial charge in [-0.15, -0.1) is 11.8 Å². The number of carbonyl (C=O) groups is 1. The number of rotatable bonds is 6. The number of likely N-dealkylation sites (N-methyl/N-ethyl adjacent to an activating group) is 1. The van der Waals surface area contributed by atoms with Crippen LogP contribution >= 0.6 is 34.7 Å². The third kappa shape index (κ3) is 4.04. The van der Waals surface area contributed by atoms with E-state index in [0.717, 1.165) is 21.7 Å². The zero-order chi connectivity index (χ0) is 18.7. The SMILES string of the molecule is CSc1ccccc1C(=O)N(CC[NH+](C)C)c1nc2c(Cl)cccc2s1. The molecule has 1 N–H and O–H groups in total. The number of aromatic nitrogens is 1. The minimum Gasteiger partial charge on any atom is -0.338 e. The lowest BCUT2D eigenvalue weighted by Crippen LogP contribution is -3.06. The first-order chi connectivity index (χ1) is 12.5. The molecular weight excluding hydrogens is 386 g/mol. The van der Waals surface area contributed by atoms with Crippen molar-refractivity contribution in [3.05, 3.63) is 53.1 Å². The molecule has 0 bridgehead atoms. The maximum absolute atomic E-state index is 13.3. The highest BCUT2D eigenvalue weighted by Gasteiger charge is 2.24. The molecule has 0 saturated carbocycles. The van der Waals surface area contributed by atoms with E-state index in [2.05, 4.69) is 19.1 Å². The van der Waals surface area contributed by atoms with E-state index < -0.39 is 0 Å². The fraction of sp³-hybridized carbons (Fsp3) is 0.263. The number of thiazole rings is 1. The number of carbonyl (C=O) groups excluding carboxylic acids is 1. The second kappa shape index (κ2) is 8.39. The van der Waals surface area contributed by atoms with Crippen LogP contribution in [0, 0.1) is 0 Å². The molecule has 2 aromatic carbocycles. The van der Waals surface area contributed by atoms with Crippen LogP contribution in [0.4, 0.5) is 5.13 Å². The number of nitrogens with one attached hydrogen (secondary N) is 1. The molecule has 0 unspecified atom stereocenters. The van der Waals surface area contributed by atoms with E-state index in [4.69, 9.17) is 11.6 Å². The second-order valence-corrected chi connectivity index (χ2v) is 8.46. The van der Waals surface area contributed by atoms with Crippen molar-refractivity contribution in [2.45, 2.75) is 4.90 Å². The number of thioether (sulfide) groups is 1. The van der Waals surface area contributed by atoms with Gasteiger partial charge in [-0.3, -0.25) is 9.69 Å². The fourth-order valence-electron chi connectivity index (χ4n) is 2.60. The molecule has 7 heteroatoms. The molecule has 26 heavy (non-hydrogen) atoms. The number of fused-ring (bicyclic) bond motifs is 1. The number of quaternary nitrogens is 1. The molecule has 0 radical (unpaired) electrons. The lowest BCUT2D eigenvalue weighted by Gasteiger charge is -2.21. The molecule has 0 atom stereocenters. The number of para-hydroxylation sites is 1. The fourth-order valence-corrected chi connectivity index (χ4v) is 4.48. The number of hydrogen-bond acceptors (Lipinski definition) is 4. The van der Waals surface area contributed by atoms with Crippen LogP contribution in [-0.2, 0) is 0 Å². The standard InChI is InChI=1S/C19H20ClN3OS2/c1-22(2)11-12-23(18(24)13-7-4-5-9-15(13)25-3)19-21-17-14(20)8-6-10-16(17)26-19/h4-10H,11-12H2,1-3H3/p+1. The Bertz CT molecular complexity index is 926. The normalized spacial score (nSPS) is 11.3. The number of benzene rings is 2. The van der Waals surface area contributed by atoms with Crippen molar-refractivity contribution >= 4 is 56.0 Å². The van der Waals surface area contributed by atoms with Crippen LogP contribution in [0.5, 0.6) is 0 Å². The highest BCUT2D eigenvalue weighted by molar-refractivity contribution is 7.98. The van der Waals surface area contributed by atoms with E-state index >= 15 is 0 Å². The summed E-state index contributed by atoms with van der Waals surface area (Å²) >= 11 is 9.36. The summed E-state index contributed by atoms with van der Waals surface area (Å²) in [6.45, 7) is 1.43. The molecule has 136 valence electrons. The van der Waals surface area contributed by atoms with E-state index in [9.17, 15) is 4.79 Å². The Morgan fingerprint density at radius 3 is 2.69 bits per heavy atom. The molecule has 1 amide bonds. The number of hydrogen-bond donors (Lipinski definition) is 1. The zero-order valence-corrected chi connectivity index (χ0v) is 17.3. The molecular formula is C19H21ClN3OS2+. The predicted molar refractivity (Wildman–Crippen MR) is 112 cm³/mol. The molecule has 4 nitrogen and oxygen atoms in total. The zero-order valence-electron chi connectivity index (χ0n) is 15.0. The molecule has 0 spiro atoms. The Balaban J connectivity index is 2.03. The monoisotopic (exact) mass is 406 g/mol. The Kier molecular flexibility index (Phi) is 6.19. The van der Waals surface area contributed by atoms with Gasteiger partial charge >= 0.3 is 0 Å². The lowest BCUT2D eigenvalue weighted by molar-refractivity contribution is -0.856. The van der Waals surface area contributed by atoms with Gasteiger partial charge in [0, 0.05) is 4.90 Å². The Morgan fingerprint density at radius 1 is 1.23 bits per heavy atom. The van der Waals surface area contributed by atoms with Crippen molar-refractivity contribution < 1.29 is 9.69 Å². The van der Waals surface area contributed by atoms with Crippen LogP contribution in [0.2, 0.25) is 5.02 Å². The van der Waals surface area contributed by atoms with Crippen molar-refractivity contribution in [3.63, 3.8) is 0 Å². The molecule has 0 aliphatic heterocycles. The molecule has 1 heterocycles.